The number of amides is 1. The summed E-state index contributed by atoms with van der Waals surface area (Å²) in [5.74, 6) is -0.0149. The summed E-state index contributed by atoms with van der Waals surface area (Å²) in [6.45, 7) is 2.03. The number of anilines is 2. The summed E-state index contributed by atoms with van der Waals surface area (Å²) in [5, 5.41) is 10.2. The number of carbonyl (C=O) groups is 1. The number of hydrogen-bond donors (Lipinski definition) is 2. The third kappa shape index (κ3) is 3.29. The molecule has 0 saturated heterocycles. The minimum absolute atomic E-state index is 0.235. The summed E-state index contributed by atoms with van der Waals surface area (Å²) in [5.41, 5.74) is 7.49. The molecule has 2 rings (SSSR count). The Labute approximate surface area is 119 Å². The molecule has 19 heavy (non-hydrogen) atoms. The number of rotatable bonds is 3. The van der Waals surface area contributed by atoms with E-state index >= 15 is 0 Å². The zero-order chi connectivity index (χ0) is 13.8. The van der Waals surface area contributed by atoms with Crippen molar-refractivity contribution in [1.82, 2.24) is 10.2 Å². The molecule has 2 aromatic rings. The van der Waals surface area contributed by atoms with Crippen LogP contribution in [0.4, 0.5) is 11.5 Å². The highest BCUT2D eigenvalue weighted by molar-refractivity contribution is 9.10. The Bertz CT molecular complexity index is 598. The highest BCUT2D eigenvalue weighted by Gasteiger charge is 2.10. The summed E-state index contributed by atoms with van der Waals surface area (Å²) in [6.07, 6.45) is 0.822. The van der Waals surface area contributed by atoms with Gasteiger partial charge in [-0.05, 0) is 42.3 Å². The maximum Gasteiger partial charge on any atom is 0.276 e. The molecule has 0 bridgehead atoms. The first kappa shape index (κ1) is 13.5. The highest BCUT2D eigenvalue weighted by atomic mass is 79.9. The van der Waals surface area contributed by atoms with Gasteiger partial charge in [-0.2, -0.15) is 0 Å². The molecular formula is C13H13BrN4O. The van der Waals surface area contributed by atoms with E-state index in [1.165, 1.54) is 0 Å². The van der Waals surface area contributed by atoms with Crippen LogP contribution in [0.1, 0.15) is 23.0 Å². The number of aromatic nitrogens is 2. The summed E-state index contributed by atoms with van der Waals surface area (Å²) < 4.78 is 0.981. The van der Waals surface area contributed by atoms with Gasteiger partial charge in [-0.3, -0.25) is 4.79 Å². The van der Waals surface area contributed by atoms with Crippen molar-refractivity contribution in [3.05, 3.63) is 46.1 Å². The van der Waals surface area contributed by atoms with Crippen LogP contribution in [0.2, 0.25) is 0 Å². The molecule has 0 unspecified atom stereocenters. The molecule has 0 aliphatic rings. The van der Waals surface area contributed by atoms with Gasteiger partial charge in [0.2, 0.25) is 0 Å². The van der Waals surface area contributed by atoms with E-state index in [4.69, 9.17) is 5.73 Å². The molecule has 98 valence electrons. The average molecular weight is 321 g/mol. The number of nitrogens with zero attached hydrogens (tertiary/aromatic N) is 2. The maximum absolute atomic E-state index is 12.0. The predicted molar refractivity (Wildman–Crippen MR) is 77.9 cm³/mol. The molecule has 5 nitrogen and oxygen atoms in total. The molecule has 6 heteroatoms. The molecule has 3 N–H and O–H groups in total. The van der Waals surface area contributed by atoms with Crippen LogP contribution >= 0.6 is 15.9 Å². The minimum Gasteiger partial charge on any atom is -0.382 e. The lowest BCUT2D eigenvalue weighted by Gasteiger charge is -2.09. The SMILES string of the molecule is CCc1cc(Br)ccc1NC(=O)c1ccc(N)nn1. The van der Waals surface area contributed by atoms with Crippen LogP contribution in [0.25, 0.3) is 0 Å². The van der Waals surface area contributed by atoms with E-state index in [9.17, 15) is 4.79 Å². The zero-order valence-corrected chi connectivity index (χ0v) is 11.9. The summed E-state index contributed by atoms with van der Waals surface area (Å²) in [4.78, 5) is 12.0. The van der Waals surface area contributed by atoms with Crippen molar-refractivity contribution in [1.29, 1.82) is 0 Å². The normalized spacial score (nSPS) is 10.2. The Balaban J connectivity index is 2.21. The second kappa shape index (κ2) is 5.79. The molecule has 0 aliphatic heterocycles. The molecule has 1 heterocycles. The van der Waals surface area contributed by atoms with Crippen molar-refractivity contribution in [2.24, 2.45) is 0 Å². The molecule has 0 radical (unpaired) electrons. The Morgan fingerprint density at radius 3 is 2.74 bits per heavy atom. The lowest BCUT2D eigenvalue weighted by atomic mass is 10.1. The fourth-order valence-corrected chi connectivity index (χ4v) is 2.04. The second-order valence-electron chi connectivity index (χ2n) is 3.95. The number of halogens is 1. The lowest BCUT2D eigenvalue weighted by Crippen LogP contribution is -2.15. The topological polar surface area (TPSA) is 80.9 Å². The average Bonchev–Trinajstić information content (AvgIpc) is 2.41. The van der Waals surface area contributed by atoms with Crippen molar-refractivity contribution < 1.29 is 4.79 Å². The Kier molecular flexibility index (Phi) is 4.11. The number of benzene rings is 1. The zero-order valence-electron chi connectivity index (χ0n) is 10.4. The van der Waals surface area contributed by atoms with Gasteiger partial charge >= 0.3 is 0 Å². The molecule has 0 spiro atoms. The fraction of sp³-hybridized carbons (Fsp3) is 0.154. The Morgan fingerprint density at radius 1 is 1.32 bits per heavy atom. The molecule has 0 saturated carbocycles. The predicted octanol–water partition coefficient (Wildman–Crippen LogP) is 2.64. The summed E-state index contributed by atoms with van der Waals surface area (Å²) in [7, 11) is 0. The van der Waals surface area contributed by atoms with Gasteiger partial charge in [-0.1, -0.05) is 22.9 Å². The number of nitrogens with two attached hydrogens (primary N) is 1. The first-order valence-electron chi connectivity index (χ1n) is 5.79. The second-order valence-corrected chi connectivity index (χ2v) is 4.87. The lowest BCUT2D eigenvalue weighted by molar-refractivity contribution is 0.102. The van der Waals surface area contributed by atoms with Crippen molar-refractivity contribution in [2.75, 3.05) is 11.1 Å². The fourth-order valence-electron chi connectivity index (χ4n) is 1.63. The smallest absolute Gasteiger partial charge is 0.276 e. The molecular weight excluding hydrogens is 308 g/mol. The van der Waals surface area contributed by atoms with E-state index in [-0.39, 0.29) is 17.4 Å². The number of carbonyl (C=O) groups excluding carboxylic acids is 1. The van der Waals surface area contributed by atoms with Gasteiger partial charge < -0.3 is 11.1 Å². The first-order valence-corrected chi connectivity index (χ1v) is 6.58. The van der Waals surface area contributed by atoms with Gasteiger partial charge in [0.15, 0.2) is 5.69 Å². The van der Waals surface area contributed by atoms with E-state index in [0.29, 0.717) is 0 Å². The van der Waals surface area contributed by atoms with Crippen molar-refractivity contribution >= 4 is 33.3 Å². The molecule has 1 aromatic heterocycles. The Morgan fingerprint density at radius 2 is 2.11 bits per heavy atom. The van der Waals surface area contributed by atoms with Crippen molar-refractivity contribution in [3.8, 4) is 0 Å². The first-order chi connectivity index (χ1) is 9.10. The van der Waals surface area contributed by atoms with Crippen LogP contribution in [-0.2, 0) is 6.42 Å². The minimum atomic E-state index is -0.301. The molecule has 1 aromatic carbocycles. The molecule has 0 aliphatic carbocycles. The summed E-state index contributed by atoms with van der Waals surface area (Å²) in [6, 6.07) is 8.80. The van der Waals surface area contributed by atoms with Crippen LogP contribution in [0, 0.1) is 0 Å². The van der Waals surface area contributed by atoms with Gasteiger partial charge in [0.1, 0.15) is 5.82 Å². The standard InChI is InChI=1S/C13H13BrN4O/c1-2-8-7-9(14)3-4-10(8)16-13(19)11-5-6-12(15)18-17-11/h3-7H,2H2,1H3,(H2,15,18)(H,16,19). The van der Waals surface area contributed by atoms with E-state index in [0.717, 1.165) is 22.1 Å². The molecule has 1 amide bonds. The number of nitrogen functional groups attached to an aromatic ring is 1. The van der Waals surface area contributed by atoms with Crippen molar-refractivity contribution in [2.45, 2.75) is 13.3 Å². The third-order valence-electron chi connectivity index (χ3n) is 2.61. The maximum atomic E-state index is 12.0. The van der Waals surface area contributed by atoms with Crippen LogP contribution in [0.15, 0.2) is 34.8 Å². The van der Waals surface area contributed by atoms with Crippen LogP contribution in [-0.4, -0.2) is 16.1 Å². The van der Waals surface area contributed by atoms with Crippen molar-refractivity contribution in [3.63, 3.8) is 0 Å². The highest BCUT2D eigenvalue weighted by Crippen LogP contribution is 2.22. The van der Waals surface area contributed by atoms with E-state index < -0.39 is 0 Å². The quantitative estimate of drug-likeness (QED) is 0.910. The van der Waals surface area contributed by atoms with Crippen LogP contribution in [0.5, 0.6) is 0 Å². The van der Waals surface area contributed by atoms with Gasteiger partial charge in [0, 0.05) is 10.2 Å². The van der Waals surface area contributed by atoms with Gasteiger partial charge in [0.05, 0.1) is 0 Å². The number of hydrogen-bond acceptors (Lipinski definition) is 4. The number of nitrogens with one attached hydrogen (secondary N) is 1. The van der Waals surface area contributed by atoms with E-state index in [1.807, 2.05) is 25.1 Å². The third-order valence-corrected chi connectivity index (χ3v) is 3.11. The molecule has 0 atom stereocenters. The number of aryl methyl sites for hydroxylation is 1. The largest absolute Gasteiger partial charge is 0.382 e. The van der Waals surface area contributed by atoms with E-state index in [1.54, 1.807) is 12.1 Å². The van der Waals surface area contributed by atoms with Crippen LogP contribution < -0.4 is 11.1 Å². The van der Waals surface area contributed by atoms with E-state index in [2.05, 4.69) is 31.4 Å². The van der Waals surface area contributed by atoms with Gasteiger partial charge in [-0.15, -0.1) is 10.2 Å². The van der Waals surface area contributed by atoms with Crippen LogP contribution in [0.3, 0.4) is 0 Å². The Hall–Kier alpha value is -1.95. The molecule has 0 fully saturated rings. The van der Waals surface area contributed by atoms with Gasteiger partial charge in [-0.25, -0.2) is 0 Å². The van der Waals surface area contributed by atoms with Gasteiger partial charge in [0.25, 0.3) is 5.91 Å². The monoisotopic (exact) mass is 320 g/mol. The summed E-state index contributed by atoms with van der Waals surface area (Å²) >= 11 is 3.41.